The van der Waals surface area contributed by atoms with Crippen molar-refractivity contribution in [1.29, 1.82) is 0 Å². The van der Waals surface area contributed by atoms with Crippen LogP contribution in [-0.4, -0.2) is 41.1 Å². The summed E-state index contributed by atoms with van der Waals surface area (Å²) >= 11 is 0. The summed E-state index contributed by atoms with van der Waals surface area (Å²) in [6.07, 6.45) is 0. The lowest BCUT2D eigenvalue weighted by molar-refractivity contribution is 0.110. The Morgan fingerprint density at radius 3 is 2.53 bits per heavy atom. The minimum Gasteiger partial charge on any atom is -0.493 e. The highest BCUT2D eigenvalue weighted by atomic mass is 32.2. The number of aryl methyl sites for hydroxylation is 1. The van der Waals surface area contributed by atoms with Crippen molar-refractivity contribution in [2.75, 3.05) is 32.7 Å². The summed E-state index contributed by atoms with van der Waals surface area (Å²) in [5, 5.41) is 4.84. The molecule has 1 rings (SSSR count). The van der Waals surface area contributed by atoms with Gasteiger partial charge in [-0.25, -0.2) is 13.6 Å². The first-order chi connectivity index (χ1) is 8.92. The van der Waals surface area contributed by atoms with Crippen molar-refractivity contribution in [2.45, 2.75) is 6.92 Å². The van der Waals surface area contributed by atoms with Crippen LogP contribution in [0.5, 0.6) is 11.5 Å². The van der Waals surface area contributed by atoms with Gasteiger partial charge in [-0.3, -0.25) is 0 Å². The lowest BCUT2D eigenvalue weighted by Gasteiger charge is -2.11. The van der Waals surface area contributed by atoms with Crippen LogP contribution in [0.25, 0.3) is 0 Å². The van der Waals surface area contributed by atoms with Gasteiger partial charge in [0, 0.05) is 0 Å². The van der Waals surface area contributed by atoms with Gasteiger partial charge >= 0.3 is 0 Å². The van der Waals surface area contributed by atoms with Crippen LogP contribution in [0, 0.1) is 6.92 Å². The topological polar surface area (TPSA) is 87.8 Å². The standard InChI is InChI=1S/C12H19NO5S/c1-10-3-4-11(12(9-10)16-2)18-6-5-17-7-8-19(13,14)15/h3-4,9H,5-8H2,1-2H3,(H2,13,14,15). The van der Waals surface area contributed by atoms with E-state index in [-0.39, 0.29) is 19.0 Å². The van der Waals surface area contributed by atoms with Gasteiger partial charge in [-0.1, -0.05) is 6.07 Å². The van der Waals surface area contributed by atoms with Gasteiger partial charge in [0.2, 0.25) is 10.0 Å². The first-order valence-corrected chi connectivity index (χ1v) is 7.49. The quantitative estimate of drug-likeness (QED) is 0.711. The van der Waals surface area contributed by atoms with Crippen molar-refractivity contribution in [3.05, 3.63) is 23.8 Å². The molecule has 0 saturated carbocycles. The number of hydrogen-bond donors (Lipinski definition) is 1. The van der Waals surface area contributed by atoms with Crippen molar-refractivity contribution in [2.24, 2.45) is 5.14 Å². The fourth-order valence-electron chi connectivity index (χ4n) is 1.38. The average Bonchev–Trinajstić information content (AvgIpc) is 2.33. The van der Waals surface area contributed by atoms with Crippen LogP contribution in [-0.2, 0) is 14.8 Å². The Morgan fingerprint density at radius 1 is 1.16 bits per heavy atom. The number of ether oxygens (including phenoxy) is 3. The molecule has 0 aromatic heterocycles. The van der Waals surface area contributed by atoms with Crippen molar-refractivity contribution in [3.8, 4) is 11.5 Å². The Kier molecular flexibility index (Phi) is 6.07. The van der Waals surface area contributed by atoms with Gasteiger partial charge in [0.1, 0.15) is 6.61 Å². The molecule has 0 unspecified atom stereocenters. The van der Waals surface area contributed by atoms with Crippen LogP contribution in [0.4, 0.5) is 0 Å². The number of methoxy groups -OCH3 is 1. The highest BCUT2D eigenvalue weighted by Gasteiger charge is 2.05. The summed E-state index contributed by atoms with van der Waals surface area (Å²) in [6.45, 7) is 2.62. The van der Waals surface area contributed by atoms with Crippen LogP contribution in [0.15, 0.2) is 18.2 Å². The molecule has 0 atom stereocenters. The SMILES string of the molecule is COc1cc(C)ccc1OCCOCCS(N)(=O)=O. The van der Waals surface area contributed by atoms with Gasteiger partial charge in [-0.05, 0) is 24.6 Å². The van der Waals surface area contributed by atoms with E-state index >= 15 is 0 Å². The molecule has 0 aliphatic rings. The molecule has 2 N–H and O–H groups in total. The van der Waals surface area contributed by atoms with Gasteiger partial charge < -0.3 is 14.2 Å². The molecule has 19 heavy (non-hydrogen) atoms. The van der Waals surface area contributed by atoms with Crippen molar-refractivity contribution >= 4 is 10.0 Å². The largest absolute Gasteiger partial charge is 0.493 e. The molecule has 0 spiro atoms. The number of sulfonamides is 1. The van der Waals surface area contributed by atoms with Crippen LogP contribution < -0.4 is 14.6 Å². The monoisotopic (exact) mass is 289 g/mol. The minimum absolute atomic E-state index is 0.0627. The van der Waals surface area contributed by atoms with E-state index in [0.717, 1.165) is 5.56 Å². The molecule has 0 saturated heterocycles. The molecule has 0 amide bonds. The Balaban J connectivity index is 2.30. The van der Waals surface area contributed by atoms with E-state index in [2.05, 4.69) is 0 Å². The molecule has 6 nitrogen and oxygen atoms in total. The molecular formula is C12H19NO5S. The van der Waals surface area contributed by atoms with Crippen LogP contribution >= 0.6 is 0 Å². The molecule has 0 heterocycles. The third-order valence-corrected chi connectivity index (χ3v) is 3.05. The van der Waals surface area contributed by atoms with E-state index in [1.807, 2.05) is 25.1 Å². The number of primary sulfonamides is 1. The van der Waals surface area contributed by atoms with E-state index in [0.29, 0.717) is 18.1 Å². The number of benzene rings is 1. The third-order valence-electron chi connectivity index (χ3n) is 2.32. The second-order valence-corrected chi connectivity index (χ2v) is 5.72. The van der Waals surface area contributed by atoms with E-state index in [1.54, 1.807) is 7.11 Å². The zero-order valence-electron chi connectivity index (χ0n) is 11.1. The zero-order chi connectivity index (χ0) is 14.3. The summed E-state index contributed by atoms with van der Waals surface area (Å²) < 4.78 is 37.1. The summed E-state index contributed by atoms with van der Waals surface area (Å²) in [6, 6.07) is 5.61. The maximum atomic E-state index is 10.7. The van der Waals surface area contributed by atoms with Crippen LogP contribution in [0.1, 0.15) is 5.56 Å². The predicted octanol–water partition coefficient (Wildman–Crippen LogP) is 0.688. The number of hydrogen-bond acceptors (Lipinski definition) is 5. The van der Waals surface area contributed by atoms with E-state index in [1.165, 1.54) is 0 Å². The molecule has 0 aliphatic carbocycles. The van der Waals surface area contributed by atoms with Gasteiger partial charge in [0.15, 0.2) is 11.5 Å². The number of rotatable bonds is 8. The van der Waals surface area contributed by atoms with Crippen LogP contribution in [0.2, 0.25) is 0 Å². The summed E-state index contributed by atoms with van der Waals surface area (Å²) in [7, 11) is -1.89. The van der Waals surface area contributed by atoms with Gasteiger partial charge in [-0.2, -0.15) is 0 Å². The van der Waals surface area contributed by atoms with Gasteiger partial charge in [-0.15, -0.1) is 0 Å². The zero-order valence-corrected chi connectivity index (χ0v) is 11.9. The Hall–Kier alpha value is -1.31. The van der Waals surface area contributed by atoms with Crippen molar-refractivity contribution in [1.82, 2.24) is 0 Å². The molecule has 0 radical (unpaired) electrons. The highest BCUT2D eigenvalue weighted by Crippen LogP contribution is 2.27. The molecular weight excluding hydrogens is 270 g/mol. The maximum absolute atomic E-state index is 10.7. The second-order valence-electron chi connectivity index (χ2n) is 3.98. The number of nitrogens with two attached hydrogens (primary N) is 1. The fraction of sp³-hybridized carbons (Fsp3) is 0.500. The molecule has 0 fully saturated rings. The summed E-state index contributed by atoms with van der Waals surface area (Å²) in [5.41, 5.74) is 1.08. The second kappa shape index (κ2) is 7.32. The highest BCUT2D eigenvalue weighted by molar-refractivity contribution is 7.89. The van der Waals surface area contributed by atoms with Crippen molar-refractivity contribution in [3.63, 3.8) is 0 Å². The minimum atomic E-state index is -3.46. The average molecular weight is 289 g/mol. The Labute approximate surface area is 113 Å². The summed E-state index contributed by atoms with van der Waals surface area (Å²) in [4.78, 5) is 0. The lowest BCUT2D eigenvalue weighted by Crippen LogP contribution is -2.21. The Morgan fingerprint density at radius 2 is 1.89 bits per heavy atom. The fourth-order valence-corrected chi connectivity index (χ4v) is 1.73. The van der Waals surface area contributed by atoms with Crippen LogP contribution in [0.3, 0.4) is 0 Å². The van der Waals surface area contributed by atoms with Gasteiger partial charge in [0.05, 0.1) is 26.1 Å². The summed E-state index contributed by atoms with van der Waals surface area (Å²) in [5.74, 6) is 1.09. The molecule has 0 bridgehead atoms. The van der Waals surface area contributed by atoms with Gasteiger partial charge in [0.25, 0.3) is 0 Å². The molecule has 7 heteroatoms. The maximum Gasteiger partial charge on any atom is 0.211 e. The Bertz CT molecular complexity index is 501. The smallest absolute Gasteiger partial charge is 0.211 e. The predicted molar refractivity (Wildman–Crippen MR) is 72.0 cm³/mol. The first kappa shape index (κ1) is 15.7. The van der Waals surface area contributed by atoms with E-state index in [4.69, 9.17) is 19.3 Å². The molecule has 0 aliphatic heterocycles. The van der Waals surface area contributed by atoms with E-state index < -0.39 is 10.0 Å². The molecule has 1 aromatic carbocycles. The van der Waals surface area contributed by atoms with Crippen molar-refractivity contribution < 1.29 is 22.6 Å². The third kappa shape index (κ3) is 6.42. The molecule has 1 aromatic rings. The molecule has 108 valence electrons. The lowest BCUT2D eigenvalue weighted by atomic mass is 10.2. The first-order valence-electron chi connectivity index (χ1n) is 5.78. The normalized spacial score (nSPS) is 11.3. The van der Waals surface area contributed by atoms with E-state index in [9.17, 15) is 8.42 Å².